The van der Waals surface area contributed by atoms with E-state index in [0.29, 0.717) is 13.2 Å². The zero-order chi connectivity index (χ0) is 8.53. The highest BCUT2D eigenvalue weighted by Crippen LogP contribution is 1.99. The van der Waals surface area contributed by atoms with E-state index in [1.54, 1.807) is 7.05 Å². The molecule has 0 aliphatic rings. The second-order valence-electron chi connectivity index (χ2n) is 2.54. The van der Waals surface area contributed by atoms with Gasteiger partial charge < -0.3 is 10.4 Å². The number of aliphatic hydroxyl groups is 1. The minimum Gasteiger partial charge on any atom is -0.392 e. The van der Waals surface area contributed by atoms with E-state index >= 15 is 0 Å². The van der Waals surface area contributed by atoms with Gasteiger partial charge in [-0.05, 0) is 26.3 Å². The molecule has 1 unspecified atom stereocenters. The molecule has 4 nitrogen and oxygen atoms in total. The summed E-state index contributed by atoms with van der Waals surface area (Å²) in [6.07, 6.45) is 2.14. The molecule has 68 valence electrons. The Morgan fingerprint density at radius 2 is 2.18 bits per heavy atom. The van der Waals surface area contributed by atoms with Gasteiger partial charge in [0.05, 0.1) is 12.7 Å². The van der Waals surface area contributed by atoms with Crippen molar-refractivity contribution in [2.75, 3.05) is 20.2 Å². The van der Waals surface area contributed by atoms with Crippen molar-refractivity contribution < 1.29 is 15.3 Å². The maximum absolute atomic E-state index is 9.18. The Kier molecular flexibility index (Phi) is 7.83. The molecule has 0 aliphatic heterocycles. The number of nitrogens with one attached hydrogen (secondary N) is 1. The third-order valence-electron chi connectivity index (χ3n) is 1.46. The van der Waals surface area contributed by atoms with E-state index in [1.165, 1.54) is 0 Å². The lowest BCUT2D eigenvalue weighted by Gasteiger charge is -2.08. The molecule has 0 spiro atoms. The van der Waals surface area contributed by atoms with Crippen LogP contribution in [0.25, 0.3) is 0 Å². The van der Waals surface area contributed by atoms with E-state index in [2.05, 4.69) is 10.2 Å². The van der Waals surface area contributed by atoms with Gasteiger partial charge in [0.2, 0.25) is 0 Å². The van der Waals surface area contributed by atoms with Crippen LogP contribution < -0.4 is 5.32 Å². The van der Waals surface area contributed by atoms with E-state index in [4.69, 9.17) is 5.26 Å². The molecule has 0 fully saturated rings. The minimum atomic E-state index is -0.279. The van der Waals surface area contributed by atoms with Gasteiger partial charge in [-0.25, -0.2) is 4.89 Å². The lowest BCUT2D eigenvalue weighted by atomic mass is 10.1. The second-order valence-corrected chi connectivity index (χ2v) is 2.54. The molecule has 0 aromatic heterocycles. The van der Waals surface area contributed by atoms with Crippen LogP contribution in [0.1, 0.15) is 19.3 Å². The molecule has 0 amide bonds. The van der Waals surface area contributed by atoms with Crippen molar-refractivity contribution in [1.29, 1.82) is 0 Å². The number of aliphatic hydroxyl groups excluding tert-OH is 1. The van der Waals surface area contributed by atoms with Crippen LogP contribution in [-0.4, -0.2) is 36.7 Å². The van der Waals surface area contributed by atoms with E-state index in [9.17, 15) is 5.11 Å². The quantitative estimate of drug-likeness (QED) is 0.285. The van der Waals surface area contributed by atoms with Crippen LogP contribution in [0.4, 0.5) is 0 Å². The van der Waals surface area contributed by atoms with Gasteiger partial charge in [0.1, 0.15) is 0 Å². The fourth-order valence-corrected chi connectivity index (χ4v) is 0.884. The van der Waals surface area contributed by atoms with Gasteiger partial charge in [-0.15, -0.1) is 0 Å². The van der Waals surface area contributed by atoms with Gasteiger partial charge in [0.15, 0.2) is 0 Å². The first-order valence-corrected chi connectivity index (χ1v) is 3.90. The summed E-state index contributed by atoms with van der Waals surface area (Å²) < 4.78 is 0. The molecule has 0 rings (SSSR count). The number of rotatable bonds is 7. The first kappa shape index (κ1) is 10.8. The van der Waals surface area contributed by atoms with Crippen LogP contribution in [0.3, 0.4) is 0 Å². The first-order chi connectivity index (χ1) is 5.31. The zero-order valence-corrected chi connectivity index (χ0v) is 6.92. The molecule has 0 saturated carbocycles. The summed E-state index contributed by atoms with van der Waals surface area (Å²) in [5.41, 5.74) is 0. The standard InChI is InChI=1S/C7H17NO3/c1-8-6-7(9)4-2-3-5-11-10/h7-10H,2-6H2,1H3. The van der Waals surface area contributed by atoms with Crippen molar-refractivity contribution in [2.45, 2.75) is 25.4 Å². The van der Waals surface area contributed by atoms with Crippen LogP contribution in [0, 0.1) is 0 Å². The SMILES string of the molecule is CNCC(O)CCCCOO. The van der Waals surface area contributed by atoms with E-state index in [0.717, 1.165) is 19.3 Å². The summed E-state index contributed by atoms with van der Waals surface area (Å²) in [4.78, 5) is 3.89. The molecule has 3 N–H and O–H groups in total. The molecule has 0 aromatic rings. The Hall–Kier alpha value is -0.160. The van der Waals surface area contributed by atoms with Crippen LogP contribution in [0.15, 0.2) is 0 Å². The second kappa shape index (κ2) is 7.94. The van der Waals surface area contributed by atoms with Crippen molar-refractivity contribution in [3.8, 4) is 0 Å². The smallest absolute Gasteiger partial charge is 0.0819 e. The van der Waals surface area contributed by atoms with Gasteiger partial charge in [0, 0.05) is 6.54 Å². The highest BCUT2D eigenvalue weighted by atomic mass is 17.1. The molecule has 0 bridgehead atoms. The molecule has 4 heteroatoms. The predicted molar refractivity (Wildman–Crippen MR) is 42.4 cm³/mol. The largest absolute Gasteiger partial charge is 0.392 e. The summed E-state index contributed by atoms with van der Waals surface area (Å²) in [7, 11) is 1.81. The molecular weight excluding hydrogens is 146 g/mol. The van der Waals surface area contributed by atoms with Crippen LogP contribution in [0.5, 0.6) is 0 Å². The normalized spacial score (nSPS) is 13.4. The monoisotopic (exact) mass is 163 g/mol. The Morgan fingerprint density at radius 3 is 2.73 bits per heavy atom. The van der Waals surface area contributed by atoms with Crippen molar-refractivity contribution in [3.63, 3.8) is 0 Å². The maximum atomic E-state index is 9.18. The third kappa shape index (κ3) is 7.74. The van der Waals surface area contributed by atoms with E-state index < -0.39 is 0 Å². The van der Waals surface area contributed by atoms with Crippen molar-refractivity contribution in [3.05, 3.63) is 0 Å². The van der Waals surface area contributed by atoms with Crippen molar-refractivity contribution in [1.82, 2.24) is 5.32 Å². The van der Waals surface area contributed by atoms with Crippen LogP contribution in [0.2, 0.25) is 0 Å². The first-order valence-electron chi connectivity index (χ1n) is 3.90. The summed E-state index contributed by atoms with van der Waals surface area (Å²) in [6, 6.07) is 0. The average molecular weight is 163 g/mol. The summed E-state index contributed by atoms with van der Waals surface area (Å²) in [5, 5.41) is 20.0. The predicted octanol–water partition coefficient (Wildman–Crippen LogP) is 0.227. The Labute approximate surface area is 67.1 Å². The number of hydrogen-bond acceptors (Lipinski definition) is 4. The topological polar surface area (TPSA) is 61.7 Å². The van der Waals surface area contributed by atoms with Crippen molar-refractivity contribution in [2.24, 2.45) is 0 Å². The van der Waals surface area contributed by atoms with E-state index in [-0.39, 0.29) is 6.10 Å². The molecule has 0 saturated heterocycles. The molecule has 0 heterocycles. The maximum Gasteiger partial charge on any atom is 0.0819 e. The molecule has 1 atom stereocenters. The van der Waals surface area contributed by atoms with Crippen LogP contribution >= 0.6 is 0 Å². The Morgan fingerprint density at radius 1 is 1.45 bits per heavy atom. The average Bonchev–Trinajstić information content (AvgIpc) is 1.99. The highest BCUT2D eigenvalue weighted by molar-refractivity contribution is 4.56. The van der Waals surface area contributed by atoms with Gasteiger partial charge >= 0.3 is 0 Å². The van der Waals surface area contributed by atoms with Gasteiger partial charge in [-0.2, -0.15) is 0 Å². The van der Waals surface area contributed by atoms with Crippen molar-refractivity contribution >= 4 is 0 Å². The molecule has 11 heavy (non-hydrogen) atoms. The van der Waals surface area contributed by atoms with Gasteiger partial charge in [-0.1, -0.05) is 0 Å². The minimum absolute atomic E-state index is 0.279. The summed E-state index contributed by atoms with van der Waals surface area (Å²) >= 11 is 0. The van der Waals surface area contributed by atoms with Gasteiger partial charge in [0.25, 0.3) is 0 Å². The van der Waals surface area contributed by atoms with E-state index in [1.807, 2.05) is 0 Å². The number of unbranched alkanes of at least 4 members (excludes halogenated alkanes) is 1. The number of hydrogen-bond donors (Lipinski definition) is 3. The molecular formula is C7H17NO3. The van der Waals surface area contributed by atoms with Gasteiger partial charge in [-0.3, -0.25) is 5.26 Å². The highest BCUT2D eigenvalue weighted by Gasteiger charge is 2.00. The third-order valence-corrected chi connectivity index (χ3v) is 1.46. The fraction of sp³-hybridized carbons (Fsp3) is 1.00. The molecule has 0 radical (unpaired) electrons. The van der Waals surface area contributed by atoms with Crippen LogP contribution in [-0.2, 0) is 4.89 Å². The zero-order valence-electron chi connectivity index (χ0n) is 6.92. The Balaban J connectivity index is 2.97. The lowest BCUT2D eigenvalue weighted by Crippen LogP contribution is -2.23. The Bertz CT molecular complexity index is 80.1. The lowest BCUT2D eigenvalue weighted by molar-refractivity contribution is -0.242. The molecule has 0 aromatic carbocycles. The number of likely N-dealkylation sites (N-methyl/N-ethyl adjacent to an activating group) is 1. The summed E-state index contributed by atoms with van der Waals surface area (Å²) in [6.45, 7) is 0.978. The molecule has 0 aliphatic carbocycles. The summed E-state index contributed by atoms with van der Waals surface area (Å²) in [5.74, 6) is 0. The fourth-order valence-electron chi connectivity index (χ4n) is 0.884.